The Hall–Kier alpha value is 0. The summed E-state index contributed by atoms with van der Waals surface area (Å²) in [5, 5.41) is 0. The fourth-order valence-electron chi connectivity index (χ4n) is 5.21. The lowest BCUT2D eigenvalue weighted by Crippen LogP contribution is -2.17. The zero-order chi connectivity index (χ0) is 18.5. The van der Waals surface area contributed by atoms with Gasteiger partial charge in [0.1, 0.15) is 0 Å². The third kappa shape index (κ3) is 8.96. The molecular weight excluding hydrogens is 300 g/mol. The van der Waals surface area contributed by atoms with E-state index in [-0.39, 0.29) is 0 Å². The molecule has 4 atom stereocenters. The molecule has 150 valence electrons. The maximum absolute atomic E-state index is 2.61. The Balaban J connectivity index is 2.26. The van der Waals surface area contributed by atoms with Crippen LogP contribution in [0, 0.1) is 23.2 Å². The molecule has 4 unspecified atom stereocenters. The summed E-state index contributed by atoms with van der Waals surface area (Å²) in [4.78, 5) is 0. The average molecular weight is 351 g/mol. The largest absolute Gasteiger partial charge is 0.0654 e. The SMILES string of the molecule is CCCCCCCCCC1(C)CC1C(CCC)C(C)CCCCCC. The van der Waals surface area contributed by atoms with Gasteiger partial charge in [-0.1, -0.05) is 125 Å². The molecule has 0 aromatic rings. The Kier molecular flexibility index (Phi) is 12.2. The minimum atomic E-state index is 0.709. The Morgan fingerprint density at radius 2 is 1.28 bits per heavy atom. The second kappa shape index (κ2) is 13.2. The Labute approximate surface area is 160 Å². The first kappa shape index (κ1) is 23.0. The molecule has 0 aromatic carbocycles. The van der Waals surface area contributed by atoms with Crippen LogP contribution in [0.1, 0.15) is 137 Å². The molecule has 0 heterocycles. The molecule has 1 rings (SSSR count). The van der Waals surface area contributed by atoms with E-state index in [9.17, 15) is 0 Å². The zero-order valence-corrected chi connectivity index (χ0v) is 18.5. The summed E-state index contributed by atoms with van der Waals surface area (Å²) in [5.41, 5.74) is 0.709. The molecule has 0 N–H and O–H groups in total. The zero-order valence-electron chi connectivity index (χ0n) is 18.5. The molecular formula is C25H50. The number of rotatable bonds is 17. The molecule has 1 aliphatic carbocycles. The smallest absolute Gasteiger partial charge is 0.0292 e. The van der Waals surface area contributed by atoms with Crippen molar-refractivity contribution in [3.63, 3.8) is 0 Å². The van der Waals surface area contributed by atoms with Gasteiger partial charge in [0.2, 0.25) is 0 Å². The van der Waals surface area contributed by atoms with E-state index in [1.165, 1.54) is 103 Å². The quantitative estimate of drug-likeness (QED) is 0.229. The number of hydrogen-bond acceptors (Lipinski definition) is 0. The molecule has 0 radical (unpaired) electrons. The van der Waals surface area contributed by atoms with Crippen molar-refractivity contribution in [1.82, 2.24) is 0 Å². The molecule has 0 bridgehead atoms. The fraction of sp³-hybridized carbons (Fsp3) is 1.00. The van der Waals surface area contributed by atoms with Crippen molar-refractivity contribution in [2.24, 2.45) is 23.2 Å². The second-order valence-electron chi connectivity index (χ2n) is 9.62. The molecule has 0 spiro atoms. The first-order valence-electron chi connectivity index (χ1n) is 12.1. The molecule has 1 fully saturated rings. The van der Waals surface area contributed by atoms with Crippen LogP contribution in [0.5, 0.6) is 0 Å². The maximum Gasteiger partial charge on any atom is -0.0292 e. The van der Waals surface area contributed by atoms with E-state index in [1.54, 1.807) is 0 Å². The van der Waals surface area contributed by atoms with Gasteiger partial charge < -0.3 is 0 Å². The molecule has 0 heteroatoms. The summed E-state index contributed by atoms with van der Waals surface area (Å²) in [7, 11) is 0. The minimum Gasteiger partial charge on any atom is -0.0654 e. The Bertz CT molecular complexity index is 307. The van der Waals surface area contributed by atoms with Gasteiger partial charge in [0, 0.05) is 0 Å². The van der Waals surface area contributed by atoms with Crippen molar-refractivity contribution in [3.8, 4) is 0 Å². The average Bonchev–Trinajstić information content (AvgIpc) is 3.26. The van der Waals surface area contributed by atoms with Crippen molar-refractivity contribution in [3.05, 3.63) is 0 Å². The summed E-state index contributed by atoms with van der Waals surface area (Å²) in [5.74, 6) is 3.02. The molecule has 1 saturated carbocycles. The van der Waals surface area contributed by atoms with Gasteiger partial charge in [-0.15, -0.1) is 0 Å². The van der Waals surface area contributed by atoms with Crippen LogP contribution in [0.2, 0.25) is 0 Å². The van der Waals surface area contributed by atoms with E-state index in [0.29, 0.717) is 5.41 Å². The lowest BCUT2D eigenvalue weighted by Gasteiger charge is -2.26. The maximum atomic E-state index is 2.61. The summed E-state index contributed by atoms with van der Waals surface area (Å²) in [6.07, 6.45) is 23.3. The highest BCUT2D eigenvalue weighted by molar-refractivity contribution is 5.02. The van der Waals surface area contributed by atoms with Gasteiger partial charge in [0.15, 0.2) is 0 Å². The van der Waals surface area contributed by atoms with Crippen molar-refractivity contribution in [1.29, 1.82) is 0 Å². The highest BCUT2D eigenvalue weighted by Gasteiger charge is 2.53. The second-order valence-corrected chi connectivity index (χ2v) is 9.62. The first-order chi connectivity index (χ1) is 12.1. The van der Waals surface area contributed by atoms with Crippen LogP contribution in [-0.4, -0.2) is 0 Å². The van der Waals surface area contributed by atoms with E-state index in [1.807, 2.05) is 0 Å². The predicted molar refractivity (Wildman–Crippen MR) is 115 cm³/mol. The lowest BCUT2D eigenvalue weighted by atomic mass is 9.79. The van der Waals surface area contributed by atoms with Gasteiger partial charge in [0.05, 0.1) is 0 Å². The molecule has 1 aliphatic rings. The first-order valence-corrected chi connectivity index (χ1v) is 12.1. The van der Waals surface area contributed by atoms with Crippen molar-refractivity contribution in [2.75, 3.05) is 0 Å². The van der Waals surface area contributed by atoms with Gasteiger partial charge in [-0.05, 0) is 36.0 Å². The van der Waals surface area contributed by atoms with Crippen LogP contribution in [0.3, 0.4) is 0 Å². The number of unbranched alkanes of at least 4 members (excludes halogenated alkanes) is 9. The molecule has 0 aromatic heterocycles. The van der Waals surface area contributed by atoms with Crippen LogP contribution >= 0.6 is 0 Å². The van der Waals surface area contributed by atoms with E-state index in [2.05, 4.69) is 34.6 Å². The normalized spacial score (nSPS) is 25.1. The Morgan fingerprint density at radius 1 is 0.720 bits per heavy atom. The van der Waals surface area contributed by atoms with Crippen LogP contribution in [0.15, 0.2) is 0 Å². The fourth-order valence-corrected chi connectivity index (χ4v) is 5.21. The van der Waals surface area contributed by atoms with E-state index >= 15 is 0 Å². The third-order valence-corrected chi connectivity index (χ3v) is 7.16. The van der Waals surface area contributed by atoms with Crippen LogP contribution in [0.4, 0.5) is 0 Å². The van der Waals surface area contributed by atoms with Crippen molar-refractivity contribution in [2.45, 2.75) is 137 Å². The van der Waals surface area contributed by atoms with Crippen molar-refractivity contribution >= 4 is 0 Å². The summed E-state index contributed by atoms with van der Waals surface area (Å²) < 4.78 is 0. The van der Waals surface area contributed by atoms with Gasteiger partial charge in [0.25, 0.3) is 0 Å². The molecule has 25 heavy (non-hydrogen) atoms. The van der Waals surface area contributed by atoms with Gasteiger partial charge in [-0.2, -0.15) is 0 Å². The molecule has 0 nitrogen and oxygen atoms in total. The topological polar surface area (TPSA) is 0 Å². The van der Waals surface area contributed by atoms with E-state index in [0.717, 1.165) is 17.8 Å². The van der Waals surface area contributed by atoms with Gasteiger partial charge in [-0.3, -0.25) is 0 Å². The highest BCUT2D eigenvalue weighted by Crippen LogP contribution is 2.61. The lowest BCUT2D eigenvalue weighted by molar-refractivity contribution is 0.235. The minimum absolute atomic E-state index is 0.709. The third-order valence-electron chi connectivity index (χ3n) is 7.16. The van der Waals surface area contributed by atoms with Gasteiger partial charge in [-0.25, -0.2) is 0 Å². The van der Waals surface area contributed by atoms with Crippen LogP contribution in [-0.2, 0) is 0 Å². The summed E-state index contributed by atoms with van der Waals surface area (Å²) in [6, 6.07) is 0. The predicted octanol–water partition coefficient (Wildman–Crippen LogP) is 9.18. The molecule has 0 saturated heterocycles. The summed E-state index contributed by atoms with van der Waals surface area (Å²) >= 11 is 0. The highest BCUT2D eigenvalue weighted by atomic mass is 14.6. The molecule has 0 amide bonds. The molecule has 0 aliphatic heterocycles. The van der Waals surface area contributed by atoms with Crippen molar-refractivity contribution < 1.29 is 0 Å². The standard InChI is InChI=1S/C25H50/c1-6-9-11-13-14-15-17-20-25(5)21-24(25)23(18-8-3)22(4)19-16-12-10-7-2/h22-24H,6-21H2,1-5H3. The summed E-state index contributed by atoms with van der Waals surface area (Å²) in [6.45, 7) is 12.2. The van der Waals surface area contributed by atoms with Crippen LogP contribution in [0.25, 0.3) is 0 Å². The van der Waals surface area contributed by atoms with Crippen LogP contribution < -0.4 is 0 Å². The van der Waals surface area contributed by atoms with E-state index < -0.39 is 0 Å². The van der Waals surface area contributed by atoms with Gasteiger partial charge >= 0.3 is 0 Å². The number of hydrogen-bond donors (Lipinski definition) is 0. The monoisotopic (exact) mass is 350 g/mol. The van der Waals surface area contributed by atoms with E-state index in [4.69, 9.17) is 0 Å². The Morgan fingerprint density at radius 3 is 1.88 bits per heavy atom.